The monoisotopic (exact) mass is 464 g/mol. The molecule has 0 fully saturated rings. The number of aryl methyl sites for hydroxylation is 1. The van der Waals surface area contributed by atoms with Crippen molar-refractivity contribution in [3.8, 4) is 5.69 Å². The first-order valence-corrected chi connectivity index (χ1v) is 10.2. The molecule has 0 aliphatic carbocycles. The number of carbonyl (C=O) groups excluding carboxylic acids is 2. The van der Waals surface area contributed by atoms with Gasteiger partial charge in [-0.15, -0.1) is 0 Å². The van der Waals surface area contributed by atoms with Gasteiger partial charge in [0.25, 0.3) is 11.5 Å². The Hall–Kier alpha value is -4.54. The molecule has 174 valence electrons. The van der Waals surface area contributed by atoms with E-state index < -0.39 is 35.0 Å². The van der Waals surface area contributed by atoms with Crippen LogP contribution in [-0.2, 0) is 11.8 Å². The van der Waals surface area contributed by atoms with Gasteiger partial charge in [-0.2, -0.15) is 9.78 Å². The van der Waals surface area contributed by atoms with E-state index in [1.54, 1.807) is 31.2 Å². The molecule has 0 saturated heterocycles. The average molecular weight is 464 g/mol. The minimum Gasteiger partial charge on any atom is -0.327 e. The van der Waals surface area contributed by atoms with E-state index in [0.29, 0.717) is 22.5 Å². The standard InChI is InChI=1S/C23H21FN6O4/c1-13-7-8-16(30-23(34)29(3)19(31)11-25-30)10-18(13)26-21(32)17-12-28(2)22(33)27-20(17)14-5-4-6-15(24)9-14/h4-12,20H,1-3H3,(H,26,32)(H,27,33)/t20-/m0/s1. The SMILES string of the molecule is Cc1ccc(-n2ncc(=O)n(C)c2=O)cc1NC(=O)C1=CN(C)C(=O)N[C@H]1c1cccc(F)c1. The van der Waals surface area contributed by atoms with Crippen LogP contribution in [0.3, 0.4) is 0 Å². The molecule has 3 aromatic rings. The van der Waals surface area contributed by atoms with E-state index in [-0.39, 0.29) is 5.57 Å². The van der Waals surface area contributed by atoms with E-state index in [9.17, 15) is 23.6 Å². The zero-order valence-electron chi connectivity index (χ0n) is 18.6. The smallest absolute Gasteiger partial charge is 0.327 e. The number of rotatable bonds is 4. The number of nitrogens with zero attached hydrogens (tertiary/aromatic N) is 4. The Bertz CT molecular complexity index is 1460. The van der Waals surface area contributed by atoms with E-state index in [0.717, 1.165) is 15.4 Å². The number of halogens is 1. The Kier molecular flexibility index (Phi) is 5.84. The maximum absolute atomic E-state index is 13.8. The lowest BCUT2D eigenvalue weighted by Gasteiger charge is -2.30. The van der Waals surface area contributed by atoms with E-state index in [4.69, 9.17) is 0 Å². The molecule has 4 rings (SSSR count). The molecule has 0 unspecified atom stereocenters. The van der Waals surface area contributed by atoms with Crippen molar-refractivity contribution in [2.75, 3.05) is 12.4 Å². The summed E-state index contributed by atoms with van der Waals surface area (Å²) in [5, 5.41) is 9.38. The second-order valence-electron chi connectivity index (χ2n) is 7.82. The number of carbonyl (C=O) groups is 2. The lowest BCUT2D eigenvalue weighted by atomic mass is 9.97. The molecule has 1 aliphatic rings. The number of urea groups is 1. The molecule has 1 aliphatic heterocycles. The second-order valence-corrected chi connectivity index (χ2v) is 7.82. The van der Waals surface area contributed by atoms with Crippen LogP contribution in [0.5, 0.6) is 0 Å². The summed E-state index contributed by atoms with van der Waals surface area (Å²) in [7, 11) is 2.83. The highest BCUT2D eigenvalue weighted by molar-refractivity contribution is 6.06. The zero-order valence-corrected chi connectivity index (χ0v) is 18.6. The highest BCUT2D eigenvalue weighted by Gasteiger charge is 2.31. The molecular formula is C23H21FN6O4. The Balaban J connectivity index is 1.70. The van der Waals surface area contributed by atoms with Crippen molar-refractivity contribution in [3.05, 3.63) is 98.2 Å². The van der Waals surface area contributed by atoms with Gasteiger partial charge in [0.2, 0.25) is 0 Å². The first-order valence-electron chi connectivity index (χ1n) is 10.2. The van der Waals surface area contributed by atoms with Gasteiger partial charge in [0.05, 0.1) is 17.3 Å². The quantitative estimate of drug-likeness (QED) is 0.608. The highest BCUT2D eigenvalue weighted by atomic mass is 19.1. The first-order chi connectivity index (χ1) is 16.2. The van der Waals surface area contributed by atoms with Crippen LogP contribution in [0, 0.1) is 12.7 Å². The Morgan fingerprint density at radius 2 is 1.88 bits per heavy atom. The van der Waals surface area contributed by atoms with Crippen LogP contribution in [0.4, 0.5) is 14.9 Å². The second kappa shape index (κ2) is 8.77. The van der Waals surface area contributed by atoms with Crippen LogP contribution in [-0.4, -0.2) is 38.2 Å². The van der Waals surface area contributed by atoms with Gasteiger partial charge in [-0.05, 0) is 42.3 Å². The molecule has 10 nitrogen and oxygen atoms in total. The molecule has 0 spiro atoms. The molecule has 0 saturated carbocycles. The van der Waals surface area contributed by atoms with Gasteiger partial charge in [-0.25, -0.2) is 14.0 Å². The normalized spacial score (nSPS) is 15.5. The van der Waals surface area contributed by atoms with Crippen LogP contribution in [0.2, 0.25) is 0 Å². The van der Waals surface area contributed by atoms with E-state index in [1.807, 2.05) is 0 Å². The molecule has 2 heterocycles. The predicted molar refractivity (Wildman–Crippen MR) is 122 cm³/mol. The van der Waals surface area contributed by atoms with Crippen LogP contribution in [0.1, 0.15) is 17.2 Å². The van der Waals surface area contributed by atoms with Crippen molar-refractivity contribution in [1.29, 1.82) is 0 Å². The Morgan fingerprint density at radius 3 is 2.62 bits per heavy atom. The number of hydrogen-bond donors (Lipinski definition) is 2. The van der Waals surface area contributed by atoms with Gasteiger partial charge < -0.3 is 15.5 Å². The molecule has 3 amide bonds. The largest absolute Gasteiger partial charge is 0.351 e. The molecule has 34 heavy (non-hydrogen) atoms. The number of amides is 3. The van der Waals surface area contributed by atoms with E-state index in [2.05, 4.69) is 15.7 Å². The van der Waals surface area contributed by atoms with Crippen LogP contribution >= 0.6 is 0 Å². The molecule has 1 aromatic heterocycles. The van der Waals surface area contributed by atoms with Crippen LogP contribution in [0.25, 0.3) is 5.69 Å². The molecule has 0 bridgehead atoms. The minimum atomic E-state index is -0.865. The predicted octanol–water partition coefficient (Wildman–Crippen LogP) is 1.60. The van der Waals surface area contributed by atoms with Crippen molar-refractivity contribution in [1.82, 2.24) is 24.6 Å². The Morgan fingerprint density at radius 1 is 1.12 bits per heavy atom. The van der Waals surface area contributed by atoms with E-state index in [1.165, 1.54) is 43.4 Å². The summed E-state index contributed by atoms with van der Waals surface area (Å²) in [6.45, 7) is 1.77. The van der Waals surface area contributed by atoms with E-state index >= 15 is 0 Å². The van der Waals surface area contributed by atoms with Crippen molar-refractivity contribution in [2.45, 2.75) is 13.0 Å². The number of hydrogen-bond acceptors (Lipinski definition) is 5. The molecule has 0 radical (unpaired) electrons. The Labute approximate surface area is 192 Å². The summed E-state index contributed by atoms with van der Waals surface area (Å²) < 4.78 is 15.8. The number of anilines is 1. The summed E-state index contributed by atoms with van der Waals surface area (Å²) in [4.78, 5) is 50.8. The van der Waals surface area contributed by atoms with Gasteiger partial charge in [0, 0.05) is 26.0 Å². The third kappa shape index (κ3) is 4.22. The van der Waals surface area contributed by atoms with Crippen LogP contribution in [0.15, 0.2) is 70.0 Å². The third-order valence-electron chi connectivity index (χ3n) is 5.47. The highest BCUT2D eigenvalue weighted by Crippen LogP contribution is 2.28. The van der Waals surface area contributed by atoms with Crippen molar-refractivity contribution in [3.63, 3.8) is 0 Å². The fourth-order valence-corrected chi connectivity index (χ4v) is 3.51. The summed E-state index contributed by atoms with van der Waals surface area (Å²) in [6.07, 6.45) is 2.41. The zero-order chi connectivity index (χ0) is 24.6. The van der Waals surface area contributed by atoms with Crippen LogP contribution < -0.4 is 21.9 Å². The van der Waals surface area contributed by atoms with Crippen molar-refractivity contribution in [2.24, 2.45) is 7.05 Å². The summed E-state index contributed by atoms with van der Waals surface area (Å²) in [5.74, 6) is -1.02. The molecule has 1 atom stereocenters. The summed E-state index contributed by atoms with van der Waals surface area (Å²) in [5.41, 5.74) is 0.852. The molecule has 11 heteroatoms. The van der Waals surface area contributed by atoms with Crippen molar-refractivity contribution < 1.29 is 14.0 Å². The maximum Gasteiger partial charge on any atom is 0.351 e. The van der Waals surface area contributed by atoms with Crippen molar-refractivity contribution >= 4 is 17.6 Å². The maximum atomic E-state index is 13.8. The topological polar surface area (TPSA) is 118 Å². The first kappa shape index (κ1) is 22.6. The molecule has 2 aromatic carbocycles. The lowest BCUT2D eigenvalue weighted by molar-refractivity contribution is -0.113. The van der Waals surface area contributed by atoms with Gasteiger partial charge in [0.15, 0.2) is 0 Å². The third-order valence-corrected chi connectivity index (χ3v) is 5.47. The van der Waals surface area contributed by atoms with Gasteiger partial charge >= 0.3 is 11.7 Å². The average Bonchev–Trinajstić information content (AvgIpc) is 2.80. The lowest BCUT2D eigenvalue weighted by Crippen LogP contribution is -2.44. The summed E-state index contributed by atoms with van der Waals surface area (Å²) in [6, 6.07) is 9.20. The molecular weight excluding hydrogens is 443 g/mol. The fraction of sp³-hybridized carbons (Fsp3) is 0.174. The number of nitrogens with one attached hydrogen (secondary N) is 2. The molecule has 2 N–H and O–H groups in total. The van der Waals surface area contributed by atoms with Gasteiger partial charge in [0.1, 0.15) is 12.0 Å². The number of benzene rings is 2. The summed E-state index contributed by atoms with van der Waals surface area (Å²) >= 11 is 0. The number of aromatic nitrogens is 3. The van der Waals surface area contributed by atoms with Gasteiger partial charge in [-0.1, -0.05) is 18.2 Å². The fourth-order valence-electron chi connectivity index (χ4n) is 3.51. The minimum absolute atomic E-state index is 0.190. The van der Waals surface area contributed by atoms with Gasteiger partial charge in [-0.3, -0.25) is 14.2 Å².